The van der Waals surface area contributed by atoms with Gasteiger partial charge in [-0.15, -0.1) is 0 Å². The summed E-state index contributed by atoms with van der Waals surface area (Å²) in [6, 6.07) is 1.75. The Morgan fingerprint density at radius 2 is 2.31 bits per heavy atom. The number of nitrogens with zero attached hydrogens (tertiary/aromatic N) is 2. The van der Waals surface area contributed by atoms with Crippen LogP contribution in [0.15, 0.2) is 17.3 Å². The number of aliphatic imine (C=N–C) groups is 1. The quantitative estimate of drug-likeness (QED) is 0.512. The van der Waals surface area contributed by atoms with Crippen LogP contribution in [0.3, 0.4) is 0 Å². The number of carbonyl (C=O) groups excluding carboxylic acids is 1. The molecule has 0 aliphatic carbocycles. The average molecular weight is 176 g/mol. The molecular weight excluding hydrogens is 164 g/mol. The molecule has 0 radical (unpaired) electrons. The maximum Gasteiger partial charge on any atom is 0.161 e. The van der Waals surface area contributed by atoms with Crippen molar-refractivity contribution in [2.45, 2.75) is 20.8 Å². The van der Waals surface area contributed by atoms with E-state index >= 15 is 0 Å². The Kier molecular flexibility index (Phi) is 2.90. The molecule has 0 saturated heterocycles. The van der Waals surface area contributed by atoms with Crippen LogP contribution < -0.4 is 0 Å². The Labute approximate surface area is 77.5 Å². The summed E-state index contributed by atoms with van der Waals surface area (Å²) in [5.74, 6) is 0.0139. The van der Waals surface area contributed by atoms with Gasteiger partial charge >= 0.3 is 0 Å². The fourth-order valence-electron chi connectivity index (χ4n) is 0.984. The summed E-state index contributed by atoms with van der Waals surface area (Å²) in [5, 5.41) is 0. The number of aromatic nitrogens is 1. The van der Waals surface area contributed by atoms with E-state index in [1.165, 1.54) is 6.92 Å². The smallest absolute Gasteiger partial charge is 0.161 e. The number of Topliss-reactive ketones (excluding diaryl/α,β-unsaturated/α-hetero) is 1. The second kappa shape index (κ2) is 3.94. The highest BCUT2D eigenvalue weighted by Gasteiger charge is 2.03. The first-order chi connectivity index (χ1) is 6.15. The van der Waals surface area contributed by atoms with Crippen LogP contribution in [0, 0.1) is 6.92 Å². The van der Waals surface area contributed by atoms with Crippen LogP contribution in [-0.4, -0.2) is 17.0 Å². The van der Waals surface area contributed by atoms with Crippen molar-refractivity contribution in [2.24, 2.45) is 4.99 Å². The minimum atomic E-state index is 0.0139. The SMILES string of the molecule is CC=Nc1cc(C(C)=O)cnc1C. The van der Waals surface area contributed by atoms with Gasteiger partial charge in [0.15, 0.2) is 5.78 Å². The van der Waals surface area contributed by atoms with Crippen molar-refractivity contribution >= 4 is 17.7 Å². The van der Waals surface area contributed by atoms with Gasteiger partial charge in [-0.05, 0) is 26.8 Å². The molecule has 1 aromatic rings. The zero-order valence-electron chi connectivity index (χ0n) is 8.03. The number of hydrogen-bond donors (Lipinski definition) is 0. The molecule has 0 fully saturated rings. The molecule has 3 nitrogen and oxygen atoms in total. The molecule has 0 bridgehead atoms. The average Bonchev–Trinajstić information content (AvgIpc) is 2.08. The lowest BCUT2D eigenvalue weighted by Gasteiger charge is -2.00. The molecule has 1 rings (SSSR count). The summed E-state index contributed by atoms with van der Waals surface area (Å²) < 4.78 is 0. The predicted molar refractivity (Wildman–Crippen MR) is 52.8 cm³/mol. The highest BCUT2D eigenvalue weighted by Crippen LogP contribution is 2.17. The lowest BCUT2D eigenvalue weighted by molar-refractivity contribution is 0.101. The van der Waals surface area contributed by atoms with Gasteiger partial charge in [-0.1, -0.05) is 0 Å². The van der Waals surface area contributed by atoms with Gasteiger partial charge in [0.05, 0.1) is 11.4 Å². The van der Waals surface area contributed by atoms with E-state index in [-0.39, 0.29) is 5.78 Å². The fourth-order valence-corrected chi connectivity index (χ4v) is 0.984. The number of rotatable bonds is 2. The fraction of sp³-hybridized carbons (Fsp3) is 0.300. The van der Waals surface area contributed by atoms with E-state index in [0.717, 1.165) is 11.4 Å². The molecule has 68 valence electrons. The normalized spacial score (nSPS) is 10.7. The lowest BCUT2D eigenvalue weighted by Crippen LogP contribution is -1.94. The molecule has 0 spiro atoms. The van der Waals surface area contributed by atoms with Gasteiger partial charge in [-0.25, -0.2) is 0 Å². The molecule has 0 atom stereocenters. The van der Waals surface area contributed by atoms with Gasteiger partial charge in [-0.2, -0.15) is 0 Å². The molecule has 0 N–H and O–H groups in total. The summed E-state index contributed by atoms with van der Waals surface area (Å²) in [6.45, 7) is 5.22. The Morgan fingerprint density at radius 1 is 1.62 bits per heavy atom. The van der Waals surface area contributed by atoms with E-state index in [9.17, 15) is 4.79 Å². The number of ketones is 1. The van der Waals surface area contributed by atoms with Crippen molar-refractivity contribution in [1.29, 1.82) is 0 Å². The molecule has 0 saturated carbocycles. The van der Waals surface area contributed by atoms with Crippen LogP contribution in [0.5, 0.6) is 0 Å². The number of pyridine rings is 1. The zero-order chi connectivity index (χ0) is 9.84. The van der Waals surface area contributed by atoms with E-state index in [1.54, 1.807) is 18.5 Å². The first kappa shape index (κ1) is 9.58. The van der Waals surface area contributed by atoms with Crippen LogP contribution in [0.2, 0.25) is 0 Å². The lowest BCUT2D eigenvalue weighted by atomic mass is 10.2. The van der Waals surface area contributed by atoms with Gasteiger partial charge in [0, 0.05) is 18.0 Å². The molecule has 0 aliphatic rings. The summed E-state index contributed by atoms with van der Waals surface area (Å²) in [5.41, 5.74) is 2.20. The maximum atomic E-state index is 11.0. The highest BCUT2D eigenvalue weighted by molar-refractivity contribution is 5.94. The molecule has 13 heavy (non-hydrogen) atoms. The van der Waals surface area contributed by atoms with E-state index in [1.807, 2.05) is 13.8 Å². The van der Waals surface area contributed by atoms with Crippen molar-refractivity contribution in [2.75, 3.05) is 0 Å². The zero-order valence-corrected chi connectivity index (χ0v) is 8.03. The maximum absolute atomic E-state index is 11.0. The van der Waals surface area contributed by atoms with Gasteiger partial charge in [0.2, 0.25) is 0 Å². The Hall–Kier alpha value is -1.51. The third-order valence-corrected chi connectivity index (χ3v) is 1.73. The summed E-state index contributed by atoms with van der Waals surface area (Å²) in [6.07, 6.45) is 3.26. The number of hydrogen-bond acceptors (Lipinski definition) is 3. The largest absolute Gasteiger partial charge is 0.294 e. The van der Waals surface area contributed by atoms with Crippen molar-refractivity contribution in [3.8, 4) is 0 Å². The Bertz CT molecular complexity index is 356. The van der Waals surface area contributed by atoms with E-state index in [0.29, 0.717) is 5.56 Å². The standard InChI is InChI=1S/C10H12N2O/c1-4-11-10-5-9(8(3)13)6-12-7(10)2/h4-6H,1-3H3. The first-order valence-corrected chi connectivity index (χ1v) is 4.11. The summed E-state index contributed by atoms with van der Waals surface area (Å²) >= 11 is 0. The molecule has 0 aromatic carbocycles. The minimum Gasteiger partial charge on any atom is -0.294 e. The van der Waals surface area contributed by atoms with Gasteiger partial charge in [-0.3, -0.25) is 14.8 Å². The van der Waals surface area contributed by atoms with Gasteiger partial charge < -0.3 is 0 Å². The first-order valence-electron chi connectivity index (χ1n) is 4.11. The molecule has 1 aromatic heterocycles. The highest BCUT2D eigenvalue weighted by atomic mass is 16.1. The van der Waals surface area contributed by atoms with Gasteiger partial charge in [0.1, 0.15) is 0 Å². The second-order valence-corrected chi connectivity index (χ2v) is 2.77. The number of aryl methyl sites for hydroxylation is 1. The molecule has 0 amide bonds. The molecule has 3 heteroatoms. The third-order valence-electron chi connectivity index (χ3n) is 1.73. The van der Waals surface area contributed by atoms with Gasteiger partial charge in [0.25, 0.3) is 0 Å². The minimum absolute atomic E-state index is 0.0139. The third kappa shape index (κ3) is 2.21. The molecular formula is C10H12N2O. The van der Waals surface area contributed by atoms with Crippen LogP contribution >= 0.6 is 0 Å². The monoisotopic (exact) mass is 176 g/mol. The van der Waals surface area contributed by atoms with Crippen LogP contribution in [0.1, 0.15) is 29.9 Å². The predicted octanol–water partition coefficient (Wildman–Crippen LogP) is 2.31. The second-order valence-electron chi connectivity index (χ2n) is 2.77. The summed E-state index contributed by atoms with van der Waals surface area (Å²) in [7, 11) is 0. The molecule has 1 heterocycles. The van der Waals surface area contributed by atoms with Crippen molar-refractivity contribution < 1.29 is 4.79 Å². The van der Waals surface area contributed by atoms with E-state index in [2.05, 4.69) is 9.98 Å². The van der Waals surface area contributed by atoms with Crippen molar-refractivity contribution in [3.63, 3.8) is 0 Å². The van der Waals surface area contributed by atoms with Crippen LogP contribution in [0.4, 0.5) is 5.69 Å². The van der Waals surface area contributed by atoms with Crippen LogP contribution in [-0.2, 0) is 0 Å². The number of carbonyl (C=O) groups is 1. The Morgan fingerprint density at radius 3 is 2.85 bits per heavy atom. The topological polar surface area (TPSA) is 42.3 Å². The van der Waals surface area contributed by atoms with Crippen LogP contribution in [0.25, 0.3) is 0 Å². The van der Waals surface area contributed by atoms with Crippen molar-refractivity contribution in [1.82, 2.24) is 4.98 Å². The molecule has 0 aliphatic heterocycles. The summed E-state index contributed by atoms with van der Waals surface area (Å²) in [4.78, 5) is 19.2. The molecule has 0 unspecified atom stereocenters. The van der Waals surface area contributed by atoms with E-state index < -0.39 is 0 Å². The van der Waals surface area contributed by atoms with Crippen molar-refractivity contribution in [3.05, 3.63) is 23.5 Å². The Balaban J connectivity index is 3.18. The van der Waals surface area contributed by atoms with E-state index in [4.69, 9.17) is 0 Å².